The van der Waals surface area contributed by atoms with Gasteiger partial charge < -0.3 is 15.0 Å². The van der Waals surface area contributed by atoms with E-state index >= 15 is 0 Å². The maximum atomic E-state index is 8.81. The van der Waals surface area contributed by atoms with E-state index in [9.17, 15) is 0 Å². The molecule has 0 saturated carbocycles. The summed E-state index contributed by atoms with van der Waals surface area (Å²) in [7, 11) is 0. The number of carbonyl (C=O) groups excluding carboxylic acids is 1. The van der Waals surface area contributed by atoms with Crippen molar-refractivity contribution < 1.29 is 4.79 Å². The van der Waals surface area contributed by atoms with Gasteiger partial charge >= 0.3 is 0 Å². The van der Waals surface area contributed by atoms with Crippen molar-refractivity contribution in [1.29, 1.82) is 0 Å². The Morgan fingerprint density at radius 1 is 1.24 bits per heavy atom. The molecular weight excluding hydrogens is 318 g/mol. The molecule has 0 unspecified atom stereocenters. The maximum absolute atomic E-state index is 8.81. The molecule has 4 heterocycles. The van der Waals surface area contributed by atoms with Crippen LogP contribution in [0.1, 0.15) is 33.6 Å². The normalized spacial score (nSPS) is 12.8. The molecule has 0 atom stereocenters. The van der Waals surface area contributed by atoms with E-state index in [1.165, 1.54) is 19.8 Å². The van der Waals surface area contributed by atoms with Crippen molar-refractivity contribution in [1.82, 2.24) is 24.8 Å². The number of hydrogen-bond donors (Lipinski definition) is 2. The minimum Gasteiger partial charge on any atom is -0.340 e. The van der Waals surface area contributed by atoms with Gasteiger partial charge in [-0.25, -0.2) is 4.52 Å². The summed E-state index contributed by atoms with van der Waals surface area (Å²) < 4.78 is 1.86. The van der Waals surface area contributed by atoms with E-state index < -0.39 is 0 Å². The molecule has 8 heteroatoms. The first kappa shape index (κ1) is 18.4. The SMILES string of the molecule is CC.CC=O.c1cc2c(Nc3ccn[nH]3)nc(N3CCCC3)nn2c1. The van der Waals surface area contributed by atoms with Gasteiger partial charge in [0, 0.05) is 25.4 Å². The van der Waals surface area contributed by atoms with Gasteiger partial charge in [-0.3, -0.25) is 5.10 Å². The Labute approximate surface area is 147 Å². The first-order valence-electron chi connectivity index (χ1n) is 8.58. The zero-order valence-corrected chi connectivity index (χ0v) is 14.9. The molecule has 8 nitrogen and oxygen atoms in total. The molecule has 0 aromatic carbocycles. The van der Waals surface area contributed by atoms with E-state index in [2.05, 4.69) is 30.5 Å². The summed E-state index contributed by atoms with van der Waals surface area (Å²) in [5, 5.41) is 14.7. The van der Waals surface area contributed by atoms with Gasteiger partial charge in [-0.2, -0.15) is 10.1 Å². The summed E-state index contributed by atoms with van der Waals surface area (Å²) in [6, 6.07) is 5.83. The number of aromatic amines is 1. The lowest BCUT2D eigenvalue weighted by Crippen LogP contribution is -2.22. The third-order valence-electron chi connectivity index (χ3n) is 3.52. The molecule has 134 valence electrons. The number of anilines is 3. The van der Waals surface area contributed by atoms with Gasteiger partial charge in [0.15, 0.2) is 5.82 Å². The van der Waals surface area contributed by atoms with Crippen molar-refractivity contribution in [2.24, 2.45) is 0 Å². The van der Waals surface area contributed by atoms with Crippen LogP contribution in [0.15, 0.2) is 30.6 Å². The molecule has 2 N–H and O–H groups in total. The quantitative estimate of drug-likeness (QED) is 0.710. The number of hydrogen-bond acceptors (Lipinski definition) is 6. The summed E-state index contributed by atoms with van der Waals surface area (Å²) in [5.74, 6) is 2.38. The van der Waals surface area contributed by atoms with E-state index in [0.29, 0.717) is 0 Å². The lowest BCUT2D eigenvalue weighted by atomic mass is 10.4. The van der Waals surface area contributed by atoms with Gasteiger partial charge in [-0.05, 0) is 31.9 Å². The van der Waals surface area contributed by atoms with Gasteiger partial charge in [0.2, 0.25) is 5.95 Å². The smallest absolute Gasteiger partial charge is 0.245 e. The minimum atomic E-state index is 0.750. The number of aldehydes is 1. The number of fused-ring (bicyclic) bond motifs is 1. The highest BCUT2D eigenvalue weighted by Crippen LogP contribution is 2.23. The Kier molecular flexibility index (Phi) is 6.94. The molecular formula is C17H25N7O. The van der Waals surface area contributed by atoms with Crippen molar-refractivity contribution in [2.45, 2.75) is 33.6 Å². The molecule has 0 aliphatic carbocycles. The number of aromatic nitrogens is 5. The third kappa shape index (κ3) is 4.56. The Morgan fingerprint density at radius 3 is 2.60 bits per heavy atom. The van der Waals surface area contributed by atoms with Crippen LogP contribution >= 0.6 is 0 Å². The summed E-state index contributed by atoms with van der Waals surface area (Å²) in [6.07, 6.45) is 6.81. The molecule has 3 aromatic rings. The number of carbonyl (C=O) groups is 1. The van der Waals surface area contributed by atoms with Crippen LogP contribution < -0.4 is 10.2 Å². The van der Waals surface area contributed by atoms with Crippen LogP contribution in [0.3, 0.4) is 0 Å². The number of nitrogens with one attached hydrogen (secondary N) is 2. The van der Waals surface area contributed by atoms with Gasteiger partial charge in [-0.15, -0.1) is 5.10 Å². The van der Waals surface area contributed by atoms with Crippen LogP contribution in [0.2, 0.25) is 0 Å². The molecule has 0 radical (unpaired) electrons. The minimum absolute atomic E-state index is 0.750. The zero-order chi connectivity index (χ0) is 18.1. The Hall–Kier alpha value is -2.90. The number of rotatable bonds is 3. The highest BCUT2D eigenvalue weighted by Gasteiger charge is 2.17. The van der Waals surface area contributed by atoms with Crippen molar-refractivity contribution in [3.63, 3.8) is 0 Å². The second kappa shape index (κ2) is 9.41. The van der Waals surface area contributed by atoms with E-state index in [1.807, 2.05) is 42.8 Å². The van der Waals surface area contributed by atoms with Crippen LogP contribution in [0.4, 0.5) is 17.6 Å². The van der Waals surface area contributed by atoms with Gasteiger partial charge in [0.25, 0.3) is 0 Å². The predicted molar refractivity (Wildman–Crippen MR) is 99.4 cm³/mol. The molecule has 25 heavy (non-hydrogen) atoms. The molecule has 3 aromatic heterocycles. The molecule has 4 rings (SSSR count). The predicted octanol–water partition coefficient (Wildman–Crippen LogP) is 3.03. The van der Waals surface area contributed by atoms with E-state index in [0.717, 1.165) is 42.5 Å². The average Bonchev–Trinajstić information content (AvgIpc) is 3.39. The summed E-state index contributed by atoms with van der Waals surface area (Å²) >= 11 is 0. The van der Waals surface area contributed by atoms with Crippen LogP contribution in [-0.2, 0) is 4.79 Å². The van der Waals surface area contributed by atoms with Crippen molar-refractivity contribution >= 4 is 29.4 Å². The molecule has 0 bridgehead atoms. The topological polar surface area (TPSA) is 91.2 Å². The van der Waals surface area contributed by atoms with E-state index in [1.54, 1.807) is 6.20 Å². The van der Waals surface area contributed by atoms with Crippen LogP contribution in [0.25, 0.3) is 5.52 Å². The lowest BCUT2D eigenvalue weighted by Gasteiger charge is -2.16. The molecule has 0 amide bonds. The monoisotopic (exact) mass is 343 g/mol. The van der Waals surface area contributed by atoms with Crippen molar-refractivity contribution in [3.05, 3.63) is 30.6 Å². The summed E-state index contributed by atoms with van der Waals surface area (Å²) in [4.78, 5) is 15.7. The van der Waals surface area contributed by atoms with Gasteiger partial charge in [-0.1, -0.05) is 13.8 Å². The van der Waals surface area contributed by atoms with Crippen molar-refractivity contribution in [3.8, 4) is 0 Å². The fourth-order valence-electron chi connectivity index (χ4n) is 2.52. The van der Waals surface area contributed by atoms with E-state index in [4.69, 9.17) is 4.79 Å². The molecule has 1 aliphatic rings. The fraction of sp³-hybridized carbons (Fsp3) is 0.412. The second-order valence-corrected chi connectivity index (χ2v) is 5.12. The summed E-state index contributed by atoms with van der Waals surface area (Å²) in [5.41, 5.74) is 0.947. The van der Waals surface area contributed by atoms with Crippen molar-refractivity contribution in [2.75, 3.05) is 23.3 Å². The average molecular weight is 343 g/mol. The van der Waals surface area contributed by atoms with Crippen LogP contribution in [-0.4, -0.2) is 44.2 Å². The highest BCUT2D eigenvalue weighted by molar-refractivity contribution is 5.72. The Morgan fingerprint density at radius 2 is 1.96 bits per heavy atom. The summed E-state index contributed by atoms with van der Waals surface area (Å²) in [6.45, 7) is 7.49. The molecule has 1 aliphatic heterocycles. The standard InChI is InChI=1S/C13H15N7.C2H4O.C2H6/c1-2-8-19(7-1)13-16-12(15-11-5-6-14-17-11)10-4-3-9-20(10)18-13;1-2-3;1-2/h3-6,9H,1-2,7-8H2,(H2,14,15,16,17,18);2H,1H3;1-2H3. The molecule has 0 spiro atoms. The first-order valence-corrected chi connectivity index (χ1v) is 8.58. The highest BCUT2D eigenvalue weighted by atomic mass is 16.1. The first-order chi connectivity index (χ1) is 12.3. The lowest BCUT2D eigenvalue weighted by molar-refractivity contribution is -0.106. The Bertz CT molecular complexity index is 761. The van der Waals surface area contributed by atoms with Gasteiger partial charge in [0.05, 0.1) is 6.20 Å². The second-order valence-electron chi connectivity index (χ2n) is 5.12. The number of H-pyrrole nitrogens is 1. The maximum Gasteiger partial charge on any atom is 0.245 e. The zero-order valence-electron chi connectivity index (χ0n) is 14.9. The Balaban J connectivity index is 0.000000410. The van der Waals surface area contributed by atoms with Crippen LogP contribution in [0, 0.1) is 0 Å². The van der Waals surface area contributed by atoms with Gasteiger partial charge in [0.1, 0.15) is 17.6 Å². The third-order valence-corrected chi connectivity index (χ3v) is 3.52. The molecule has 1 saturated heterocycles. The largest absolute Gasteiger partial charge is 0.340 e. The number of nitrogens with zero attached hydrogens (tertiary/aromatic N) is 5. The fourth-order valence-corrected chi connectivity index (χ4v) is 2.52. The van der Waals surface area contributed by atoms with Crippen LogP contribution in [0.5, 0.6) is 0 Å². The van der Waals surface area contributed by atoms with E-state index in [-0.39, 0.29) is 0 Å². The molecule has 1 fully saturated rings.